The predicted octanol–water partition coefficient (Wildman–Crippen LogP) is 4.22. The van der Waals surface area contributed by atoms with Gasteiger partial charge in [-0.1, -0.05) is 29.8 Å². The number of rotatable bonds is 6. The molecule has 0 radical (unpaired) electrons. The lowest BCUT2D eigenvalue weighted by atomic mass is 10.1. The second-order valence-corrected chi connectivity index (χ2v) is 7.28. The van der Waals surface area contributed by atoms with Crippen molar-refractivity contribution < 1.29 is 14.3 Å². The zero-order valence-corrected chi connectivity index (χ0v) is 18.4. The number of nitrogens with zero attached hydrogens (tertiary/aromatic N) is 3. The molecule has 2 aromatic rings. The lowest BCUT2D eigenvalue weighted by Crippen LogP contribution is -2.30. The van der Waals surface area contributed by atoms with Crippen molar-refractivity contribution in [2.75, 3.05) is 20.7 Å². The maximum absolute atomic E-state index is 12.6. The number of nitriles is 1. The monoisotopic (exact) mass is 441 g/mol. The molecule has 0 aliphatic carbocycles. The van der Waals surface area contributed by atoms with E-state index in [1.54, 1.807) is 42.3 Å². The summed E-state index contributed by atoms with van der Waals surface area (Å²) in [7, 11) is 3.27. The molecule has 0 atom stereocenters. The Morgan fingerprint density at radius 2 is 2.03 bits per heavy atom. The summed E-state index contributed by atoms with van der Waals surface area (Å²) in [6.45, 7) is 2.54. The summed E-state index contributed by atoms with van der Waals surface area (Å²) in [6.07, 6.45) is 1.72. The van der Waals surface area contributed by atoms with Crippen LogP contribution in [0.25, 0.3) is 6.08 Å². The van der Waals surface area contributed by atoms with E-state index >= 15 is 0 Å². The molecule has 1 saturated heterocycles. The lowest BCUT2D eigenvalue weighted by Gasteiger charge is -2.15. The Kier molecular flexibility index (Phi) is 6.60. The van der Waals surface area contributed by atoms with E-state index in [9.17, 15) is 10.1 Å². The molecule has 3 rings (SSSR count). The van der Waals surface area contributed by atoms with Gasteiger partial charge in [-0.2, -0.15) is 5.26 Å². The second-order valence-electron chi connectivity index (χ2n) is 6.51. The minimum atomic E-state index is -0.159. The van der Waals surface area contributed by atoms with E-state index in [4.69, 9.17) is 33.3 Å². The van der Waals surface area contributed by atoms with Gasteiger partial charge in [0, 0.05) is 19.2 Å². The molecule has 1 aliphatic rings. The van der Waals surface area contributed by atoms with Gasteiger partial charge in [-0.3, -0.25) is 9.69 Å². The summed E-state index contributed by atoms with van der Waals surface area (Å²) in [5, 5.41) is 10.0. The fraction of sp³-hybridized carbons (Fsp3) is 0.227. The number of methoxy groups -OCH3 is 1. The highest BCUT2D eigenvalue weighted by Gasteiger charge is 2.34. The predicted molar refractivity (Wildman–Crippen MR) is 119 cm³/mol. The van der Waals surface area contributed by atoms with Crippen LogP contribution in [0.15, 0.2) is 42.1 Å². The Hall–Kier alpha value is -3.08. The first-order valence-electron chi connectivity index (χ1n) is 9.20. The number of carbonyl (C=O) groups excluding carboxylic acids is 1. The number of hydrogen-bond acceptors (Lipinski definition) is 5. The first kappa shape index (κ1) is 21.6. The third-order valence-corrected chi connectivity index (χ3v) is 5.50. The molecule has 0 spiro atoms. The van der Waals surface area contributed by atoms with Crippen LogP contribution in [0.3, 0.4) is 0 Å². The van der Waals surface area contributed by atoms with Gasteiger partial charge < -0.3 is 14.4 Å². The van der Waals surface area contributed by atoms with Crippen molar-refractivity contribution in [3.8, 4) is 17.6 Å². The molecule has 0 bridgehead atoms. The van der Waals surface area contributed by atoms with Crippen LogP contribution in [0, 0.1) is 11.3 Å². The van der Waals surface area contributed by atoms with Gasteiger partial charge in [0.1, 0.15) is 12.3 Å². The van der Waals surface area contributed by atoms with Gasteiger partial charge in [-0.25, -0.2) is 0 Å². The Labute approximate surface area is 185 Å². The zero-order chi connectivity index (χ0) is 21.8. The van der Waals surface area contributed by atoms with E-state index in [1.165, 1.54) is 12.0 Å². The van der Waals surface area contributed by atoms with Crippen LogP contribution in [0.1, 0.15) is 23.6 Å². The highest BCUT2D eigenvalue weighted by molar-refractivity contribution is 7.80. The molecule has 154 valence electrons. The molecule has 1 amide bonds. The minimum absolute atomic E-state index is 0.159. The summed E-state index contributed by atoms with van der Waals surface area (Å²) < 4.78 is 11.3. The van der Waals surface area contributed by atoms with Crippen LogP contribution >= 0.6 is 23.8 Å². The van der Waals surface area contributed by atoms with Crippen LogP contribution in [-0.4, -0.2) is 41.5 Å². The number of likely N-dealkylation sites (N-methyl/N-ethyl adjacent to an activating group) is 2. The molecule has 2 aromatic carbocycles. The molecule has 30 heavy (non-hydrogen) atoms. The van der Waals surface area contributed by atoms with E-state index in [-0.39, 0.29) is 12.5 Å². The number of amides is 1. The molecule has 1 fully saturated rings. The van der Waals surface area contributed by atoms with Crippen molar-refractivity contribution in [2.45, 2.75) is 13.5 Å². The summed E-state index contributed by atoms with van der Waals surface area (Å²) in [4.78, 5) is 15.8. The number of ether oxygens (including phenoxy) is 2. The number of carbonyl (C=O) groups is 1. The Bertz CT molecular complexity index is 1080. The average molecular weight is 442 g/mol. The molecule has 6 nitrogen and oxygen atoms in total. The number of benzene rings is 2. The molecule has 0 saturated carbocycles. The van der Waals surface area contributed by atoms with Crippen molar-refractivity contribution in [1.29, 1.82) is 5.26 Å². The van der Waals surface area contributed by atoms with Gasteiger partial charge in [0.25, 0.3) is 5.91 Å². The fourth-order valence-corrected chi connectivity index (χ4v) is 3.70. The highest BCUT2D eigenvalue weighted by atomic mass is 35.5. The van der Waals surface area contributed by atoms with Gasteiger partial charge in [0.05, 0.1) is 23.8 Å². The third kappa shape index (κ3) is 4.11. The molecular weight excluding hydrogens is 422 g/mol. The minimum Gasteiger partial charge on any atom is -0.493 e. The van der Waals surface area contributed by atoms with Crippen LogP contribution in [0.2, 0.25) is 5.02 Å². The van der Waals surface area contributed by atoms with Gasteiger partial charge in [-0.15, -0.1) is 0 Å². The first-order chi connectivity index (χ1) is 14.4. The summed E-state index contributed by atoms with van der Waals surface area (Å²) in [5.41, 5.74) is 2.41. The highest BCUT2D eigenvalue weighted by Crippen LogP contribution is 2.38. The molecule has 1 heterocycles. The van der Waals surface area contributed by atoms with E-state index in [2.05, 4.69) is 6.07 Å². The largest absolute Gasteiger partial charge is 0.493 e. The van der Waals surface area contributed by atoms with Crippen molar-refractivity contribution in [3.05, 3.63) is 63.8 Å². The van der Waals surface area contributed by atoms with Crippen molar-refractivity contribution in [1.82, 2.24) is 9.80 Å². The molecule has 1 aliphatic heterocycles. The fourth-order valence-electron chi connectivity index (χ4n) is 3.12. The van der Waals surface area contributed by atoms with Crippen molar-refractivity contribution in [3.63, 3.8) is 0 Å². The maximum Gasteiger partial charge on any atom is 0.276 e. The standard InChI is InChI=1S/C22H20ClN3O3S/c1-4-26-21(27)18(25(2)22(26)30)10-14-9-17(23)20(19(11-14)28-3)29-13-16-8-6-5-7-15(16)12-24/h5-11H,4,13H2,1-3H3/b18-10-. The van der Waals surface area contributed by atoms with Crippen LogP contribution in [-0.2, 0) is 11.4 Å². The van der Waals surface area contributed by atoms with E-state index in [0.29, 0.717) is 45.0 Å². The van der Waals surface area contributed by atoms with Gasteiger partial charge >= 0.3 is 0 Å². The number of hydrogen-bond donors (Lipinski definition) is 0. The Morgan fingerprint density at radius 3 is 2.67 bits per heavy atom. The SMILES string of the molecule is CCN1C(=O)/C(=C/c2cc(Cl)c(OCc3ccccc3C#N)c(OC)c2)N(C)C1=S. The second kappa shape index (κ2) is 9.16. The summed E-state index contributed by atoms with van der Waals surface area (Å²) >= 11 is 11.8. The maximum atomic E-state index is 12.6. The quantitative estimate of drug-likeness (QED) is 0.494. The number of halogens is 1. The third-order valence-electron chi connectivity index (χ3n) is 4.72. The van der Waals surface area contributed by atoms with Gasteiger partial charge in [-0.05, 0) is 49.0 Å². The van der Waals surface area contributed by atoms with Gasteiger partial charge in [0.2, 0.25) is 0 Å². The molecule has 0 N–H and O–H groups in total. The van der Waals surface area contributed by atoms with Crippen molar-refractivity contribution in [2.24, 2.45) is 0 Å². The zero-order valence-electron chi connectivity index (χ0n) is 16.8. The summed E-state index contributed by atoms with van der Waals surface area (Å²) in [5.74, 6) is 0.631. The molecule has 0 aromatic heterocycles. The van der Waals surface area contributed by atoms with E-state index in [0.717, 1.165) is 5.56 Å². The lowest BCUT2D eigenvalue weighted by molar-refractivity contribution is -0.122. The smallest absolute Gasteiger partial charge is 0.276 e. The van der Waals surface area contributed by atoms with E-state index < -0.39 is 0 Å². The van der Waals surface area contributed by atoms with Crippen LogP contribution in [0.5, 0.6) is 11.5 Å². The van der Waals surface area contributed by atoms with Gasteiger partial charge in [0.15, 0.2) is 16.6 Å². The average Bonchev–Trinajstić information content (AvgIpc) is 2.95. The molecule has 0 unspecified atom stereocenters. The summed E-state index contributed by atoms with van der Waals surface area (Å²) in [6, 6.07) is 12.8. The molecular formula is C22H20ClN3O3S. The Morgan fingerprint density at radius 1 is 1.30 bits per heavy atom. The van der Waals surface area contributed by atoms with Crippen LogP contribution < -0.4 is 9.47 Å². The number of thiocarbonyl (C=S) groups is 1. The van der Waals surface area contributed by atoms with Crippen molar-refractivity contribution >= 4 is 40.9 Å². The Balaban J connectivity index is 1.90. The normalized spacial score (nSPS) is 15.0. The first-order valence-corrected chi connectivity index (χ1v) is 9.99. The van der Waals surface area contributed by atoms with Crippen LogP contribution in [0.4, 0.5) is 0 Å². The molecule has 8 heteroatoms. The van der Waals surface area contributed by atoms with E-state index in [1.807, 2.05) is 19.1 Å². The topological polar surface area (TPSA) is 65.8 Å².